The average molecular weight is 474 g/mol. The summed E-state index contributed by atoms with van der Waals surface area (Å²) in [6.07, 6.45) is 11.3. The quantitative estimate of drug-likeness (QED) is 0.466. The molecule has 10 heteroatoms. The molecule has 2 fully saturated rings. The predicted octanol–water partition coefficient (Wildman–Crippen LogP) is 4.09. The lowest BCUT2D eigenvalue weighted by Gasteiger charge is -2.26. The monoisotopic (exact) mass is 473 g/mol. The Balaban J connectivity index is 1.26. The fourth-order valence-electron chi connectivity index (χ4n) is 4.85. The number of hydrogen-bond acceptors (Lipinski definition) is 7. The number of hydrogen-bond donors (Lipinski definition) is 1. The third-order valence-corrected chi connectivity index (χ3v) is 6.65. The molecule has 4 aromatic rings. The zero-order chi connectivity index (χ0) is 23.8. The number of fused-ring (bicyclic) bond motifs is 1. The molecule has 178 valence electrons. The number of morpholine rings is 1. The molecule has 1 saturated heterocycles. The molecule has 35 heavy (non-hydrogen) atoms. The SMILES string of the molecule is O=C1COCCN1c1ccc(Nc2ncc(F)c(-c3ccn4ncc(C5CCCC5)c4c3)n2)nc1. The first kappa shape index (κ1) is 21.6. The largest absolute Gasteiger partial charge is 0.370 e. The third kappa shape index (κ3) is 4.21. The summed E-state index contributed by atoms with van der Waals surface area (Å²) in [7, 11) is 0. The maximum atomic E-state index is 14.8. The van der Waals surface area contributed by atoms with Crippen LogP contribution < -0.4 is 10.2 Å². The first-order valence-electron chi connectivity index (χ1n) is 11.8. The topological polar surface area (TPSA) is 97.5 Å². The lowest BCUT2D eigenvalue weighted by molar-refractivity contribution is -0.125. The Labute approximate surface area is 201 Å². The molecule has 2 aliphatic rings. The first-order valence-corrected chi connectivity index (χ1v) is 11.8. The molecular formula is C25H24FN7O2. The van der Waals surface area contributed by atoms with E-state index in [0.29, 0.717) is 36.1 Å². The molecule has 0 aromatic carbocycles. The van der Waals surface area contributed by atoms with Crippen molar-refractivity contribution in [2.45, 2.75) is 31.6 Å². The molecule has 1 aliphatic carbocycles. The normalized spacial score (nSPS) is 16.8. The van der Waals surface area contributed by atoms with Gasteiger partial charge in [-0.3, -0.25) is 4.79 Å². The summed E-state index contributed by atoms with van der Waals surface area (Å²) in [6, 6.07) is 7.28. The van der Waals surface area contributed by atoms with Crippen LogP contribution in [0.4, 0.5) is 21.8 Å². The van der Waals surface area contributed by atoms with Crippen molar-refractivity contribution in [3.05, 3.63) is 60.4 Å². The van der Waals surface area contributed by atoms with Crippen molar-refractivity contribution >= 4 is 28.9 Å². The number of anilines is 3. The Kier molecular flexibility index (Phi) is 5.57. The number of carbonyl (C=O) groups excluding carboxylic acids is 1. The van der Waals surface area contributed by atoms with E-state index in [4.69, 9.17) is 4.74 Å². The van der Waals surface area contributed by atoms with E-state index >= 15 is 0 Å². The Morgan fingerprint density at radius 1 is 1.09 bits per heavy atom. The second-order valence-corrected chi connectivity index (χ2v) is 8.84. The smallest absolute Gasteiger partial charge is 0.253 e. The molecular weight excluding hydrogens is 449 g/mol. The number of amides is 1. The summed E-state index contributed by atoms with van der Waals surface area (Å²) in [4.78, 5) is 26.6. The van der Waals surface area contributed by atoms with Gasteiger partial charge >= 0.3 is 0 Å². The first-order chi connectivity index (χ1) is 17.2. The fourth-order valence-corrected chi connectivity index (χ4v) is 4.85. The van der Waals surface area contributed by atoms with Gasteiger partial charge in [0.25, 0.3) is 5.91 Å². The van der Waals surface area contributed by atoms with Crippen molar-refractivity contribution in [2.24, 2.45) is 0 Å². The van der Waals surface area contributed by atoms with E-state index < -0.39 is 5.82 Å². The number of nitrogens with zero attached hydrogens (tertiary/aromatic N) is 6. The van der Waals surface area contributed by atoms with Gasteiger partial charge in [-0.25, -0.2) is 23.9 Å². The van der Waals surface area contributed by atoms with Crippen LogP contribution >= 0.6 is 0 Å². The molecule has 1 saturated carbocycles. The van der Waals surface area contributed by atoms with Gasteiger partial charge in [0.1, 0.15) is 18.1 Å². The lowest BCUT2D eigenvalue weighted by atomic mass is 9.98. The highest BCUT2D eigenvalue weighted by Gasteiger charge is 2.22. The van der Waals surface area contributed by atoms with E-state index in [-0.39, 0.29) is 24.2 Å². The van der Waals surface area contributed by atoms with Gasteiger partial charge in [-0.15, -0.1) is 0 Å². The van der Waals surface area contributed by atoms with Crippen LogP contribution in [0, 0.1) is 5.82 Å². The molecule has 0 spiro atoms. The zero-order valence-electron chi connectivity index (χ0n) is 19.0. The van der Waals surface area contributed by atoms with Crippen LogP contribution in [0.15, 0.2) is 49.1 Å². The van der Waals surface area contributed by atoms with E-state index in [1.165, 1.54) is 18.4 Å². The summed E-state index contributed by atoms with van der Waals surface area (Å²) >= 11 is 0. The van der Waals surface area contributed by atoms with Gasteiger partial charge in [0.15, 0.2) is 5.82 Å². The standard InChI is InChI=1S/C25H24FN7O2/c26-20-14-28-25(30-22-6-5-18(12-27-22)32-9-10-35-15-23(32)34)31-24(20)17-7-8-33-21(11-17)19(13-29-33)16-3-1-2-4-16/h5-8,11-14,16H,1-4,9-10,15H2,(H,27,28,30,31). The Bertz CT molecular complexity index is 1380. The summed E-state index contributed by atoms with van der Waals surface area (Å²) in [5.74, 6) is 0.611. The number of nitrogens with one attached hydrogen (secondary N) is 1. The van der Waals surface area contributed by atoms with Crippen molar-refractivity contribution in [3.8, 4) is 11.3 Å². The molecule has 0 bridgehead atoms. The third-order valence-electron chi connectivity index (χ3n) is 6.65. The fraction of sp³-hybridized carbons (Fsp3) is 0.320. The minimum Gasteiger partial charge on any atom is -0.370 e. The molecule has 0 radical (unpaired) electrons. The van der Waals surface area contributed by atoms with Crippen molar-refractivity contribution in [1.29, 1.82) is 0 Å². The van der Waals surface area contributed by atoms with E-state index in [2.05, 4.69) is 25.4 Å². The van der Waals surface area contributed by atoms with Crippen LogP contribution in [-0.4, -0.2) is 50.2 Å². The minimum absolute atomic E-state index is 0.0689. The number of ether oxygens (including phenoxy) is 1. The summed E-state index contributed by atoms with van der Waals surface area (Å²) < 4.78 is 21.8. The second kappa shape index (κ2) is 9.03. The average Bonchev–Trinajstić information content (AvgIpc) is 3.56. The Morgan fingerprint density at radius 3 is 2.77 bits per heavy atom. The van der Waals surface area contributed by atoms with Gasteiger partial charge in [-0.05, 0) is 43.0 Å². The summed E-state index contributed by atoms with van der Waals surface area (Å²) in [5, 5.41) is 7.50. The maximum absolute atomic E-state index is 14.8. The number of halogens is 1. The molecule has 6 rings (SSSR count). The Hall–Kier alpha value is -3.92. The van der Waals surface area contributed by atoms with E-state index in [9.17, 15) is 9.18 Å². The van der Waals surface area contributed by atoms with Crippen molar-refractivity contribution in [2.75, 3.05) is 30.0 Å². The molecule has 5 heterocycles. The molecule has 0 atom stereocenters. The molecule has 0 unspecified atom stereocenters. The number of pyridine rings is 2. The van der Waals surface area contributed by atoms with Gasteiger partial charge in [-0.2, -0.15) is 5.10 Å². The van der Waals surface area contributed by atoms with Crippen molar-refractivity contribution < 1.29 is 13.9 Å². The van der Waals surface area contributed by atoms with Gasteiger partial charge in [-0.1, -0.05) is 12.8 Å². The molecule has 1 amide bonds. The number of rotatable bonds is 5. The van der Waals surface area contributed by atoms with Crippen LogP contribution in [0.2, 0.25) is 0 Å². The van der Waals surface area contributed by atoms with Gasteiger partial charge < -0.3 is 15.0 Å². The van der Waals surface area contributed by atoms with Gasteiger partial charge in [0.2, 0.25) is 5.95 Å². The van der Waals surface area contributed by atoms with Crippen molar-refractivity contribution in [1.82, 2.24) is 24.6 Å². The van der Waals surface area contributed by atoms with Crippen LogP contribution in [0.5, 0.6) is 0 Å². The van der Waals surface area contributed by atoms with Gasteiger partial charge in [0.05, 0.1) is 36.4 Å². The lowest BCUT2D eigenvalue weighted by Crippen LogP contribution is -2.41. The van der Waals surface area contributed by atoms with Crippen LogP contribution in [0.1, 0.15) is 37.2 Å². The summed E-state index contributed by atoms with van der Waals surface area (Å²) in [5.41, 5.74) is 3.75. The maximum Gasteiger partial charge on any atom is 0.253 e. The van der Waals surface area contributed by atoms with Crippen LogP contribution in [-0.2, 0) is 9.53 Å². The highest BCUT2D eigenvalue weighted by Crippen LogP contribution is 2.37. The zero-order valence-corrected chi connectivity index (χ0v) is 19.0. The Morgan fingerprint density at radius 2 is 1.97 bits per heavy atom. The second-order valence-electron chi connectivity index (χ2n) is 8.84. The number of aromatic nitrogens is 5. The molecule has 1 N–H and O–H groups in total. The van der Waals surface area contributed by atoms with E-state index in [1.54, 1.807) is 29.3 Å². The molecule has 9 nitrogen and oxygen atoms in total. The number of carbonyl (C=O) groups is 1. The minimum atomic E-state index is -0.504. The molecule has 1 aliphatic heterocycles. The van der Waals surface area contributed by atoms with E-state index in [1.807, 2.05) is 23.0 Å². The van der Waals surface area contributed by atoms with Crippen molar-refractivity contribution in [3.63, 3.8) is 0 Å². The van der Waals surface area contributed by atoms with Crippen LogP contribution in [0.3, 0.4) is 0 Å². The van der Waals surface area contributed by atoms with Gasteiger partial charge in [0, 0.05) is 23.9 Å². The highest BCUT2D eigenvalue weighted by molar-refractivity contribution is 5.94. The van der Waals surface area contributed by atoms with Crippen LogP contribution in [0.25, 0.3) is 16.8 Å². The highest BCUT2D eigenvalue weighted by atomic mass is 19.1. The van der Waals surface area contributed by atoms with E-state index in [0.717, 1.165) is 24.6 Å². The predicted molar refractivity (Wildman–Crippen MR) is 128 cm³/mol. The summed E-state index contributed by atoms with van der Waals surface area (Å²) in [6.45, 7) is 1.05. The molecule has 4 aromatic heterocycles.